The standard InChI is InChI=1S/C24H27Cl3N2O2/c25-15-14-22(30)29(16-17-6-10-19(26)11-7-17)23(18-8-12-20(27)13-9-18)24(31)28-21-4-2-1-3-5-21/h6-13,21,23H,1-5,14-16H2,(H,28,31)/t23-/m1/s1. The highest BCUT2D eigenvalue weighted by Gasteiger charge is 2.32. The molecule has 0 aliphatic heterocycles. The quantitative estimate of drug-likeness (QED) is 0.460. The zero-order chi connectivity index (χ0) is 22.2. The lowest BCUT2D eigenvalue weighted by Crippen LogP contribution is -2.46. The van der Waals surface area contributed by atoms with Gasteiger partial charge in [-0.25, -0.2) is 0 Å². The van der Waals surface area contributed by atoms with Crippen LogP contribution in [0.5, 0.6) is 0 Å². The normalized spacial score (nSPS) is 15.3. The van der Waals surface area contributed by atoms with Gasteiger partial charge in [-0.1, -0.05) is 66.7 Å². The Balaban J connectivity index is 1.94. The smallest absolute Gasteiger partial charge is 0.247 e. The minimum Gasteiger partial charge on any atom is -0.351 e. The van der Waals surface area contributed by atoms with Crippen LogP contribution in [0.2, 0.25) is 10.0 Å². The molecule has 0 spiro atoms. The van der Waals surface area contributed by atoms with Crippen LogP contribution in [-0.2, 0) is 16.1 Å². The van der Waals surface area contributed by atoms with E-state index in [4.69, 9.17) is 34.8 Å². The van der Waals surface area contributed by atoms with E-state index in [1.807, 2.05) is 12.1 Å². The molecular formula is C24H27Cl3N2O2. The highest BCUT2D eigenvalue weighted by molar-refractivity contribution is 6.30. The van der Waals surface area contributed by atoms with Gasteiger partial charge in [0.05, 0.1) is 0 Å². The summed E-state index contributed by atoms with van der Waals surface area (Å²) in [5.41, 5.74) is 1.60. The average Bonchev–Trinajstić information content (AvgIpc) is 2.77. The lowest BCUT2D eigenvalue weighted by molar-refractivity contribution is -0.141. The number of carbonyl (C=O) groups is 2. The Morgan fingerprint density at radius 3 is 2.10 bits per heavy atom. The van der Waals surface area contributed by atoms with Crippen molar-refractivity contribution in [1.82, 2.24) is 10.2 Å². The molecule has 0 unspecified atom stereocenters. The van der Waals surface area contributed by atoms with Gasteiger partial charge in [0.1, 0.15) is 6.04 Å². The lowest BCUT2D eigenvalue weighted by Gasteiger charge is -2.33. The molecule has 2 aromatic carbocycles. The monoisotopic (exact) mass is 480 g/mol. The Bertz CT molecular complexity index is 865. The maximum Gasteiger partial charge on any atom is 0.247 e. The first-order valence-corrected chi connectivity index (χ1v) is 11.9. The van der Waals surface area contributed by atoms with Gasteiger partial charge in [0.15, 0.2) is 0 Å². The predicted molar refractivity (Wildman–Crippen MR) is 127 cm³/mol. The van der Waals surface area contributed by atoms with Crippen LogP contribution < -0.4 is 5.32 Å². The molecule has 0 aromatic heterocycles. The van der Waals surface area contributed by atoms with Crippen molar-refractivity contribution >= 4 is 46.6 Å². The molecule has 1 N–H and O–H groups in total. The number of nitrogens with zero attached hydrogens (tertiary/aromatic N) is 1. The van der Waals surface area contributed by atoms with Gasteiger partial charge in [0.25, 0.3) is 0 Å². The van der Waals surface area contributed by atoms with E-state index >= 15 is 0 Å². The van der Waals surface area contributed by atoms with Gasteiger partial charge in [-0.2, -0.15) is 0 Å². The molecule has 1 saturated carbocycles. The van der Waals surface area contributed by atoms with Crippen molar-refractivity contribution in [2.45, 2.75) is 57.2 Å². The van der Waals surface area contributed by atoms with E-state index in [1.54, 1.807) is 41.3 Å². The van der Waals surface area contributed by atoms with Crippen LogP contribution >= 0.6 is 34.8 Å². The van der Waals surface area contributed by atoms with Crippen LogP contribution in [0.3, 0.4) is 0 Å². The third-order valence-corrected chi connectivity index (χ3v) is 6.29. The first-order chi connectivity index (χ1) is 15.0. The summed E-state index contributed by atoms with van der Waals surface area (Å²) in [5.74, 6) is -0.164. The van der Waals surface area contributed by atoms with Gasteiger partial charge in [-0.05, 0) is 48.2 Å². The van der Waals surface area contributed by atoms with Crippen LogP contribution in [0.1, 0.15) is 55.7 Å². The van der Waals surface area contributed by atoms with Gasteiger partial charge in [0.2, 0.25) is 11.8 Å². The second-order valence-electron chi connectivity index (χ2n) is 7.88. The van der Waals surface area contributed by atoms with Crippen LogP contribution in [0.4, 0.5) is 0 Å². The molecule has 1 atom stereocenters. The summed E-state index contributed by atoms with van der Waals surface area (Å²) in [7, 11) is 0. The van der Waals surface area contributed by atoms with E-state index in [0.29, 0.717) is 10.0 Å². The van der Waals surface area contributed by atoms with E-state index in [2.05, 4.69) is 5.32 Å². The Morgan fingerprint density at radius 2 is 1.52 bits per heavy atom. The Morgan fingerprint density at radius 1 is 0.935 bits per heavy atom. The highest BCUT2D eigenvalue weighted by atomic mass is 35.5. The number of benzene rings is 2. The van der Waals surface area contributed by atoms with Crippen molar-refractivity contribution in [3.05, 3.63) is 69.7 Å². The van der Waals surface area contributed by atoms with E-state index in [-0.39, 0.29) is 36.7 Å². The van der Waals surface area contributed by atoms with Gasteiger partial charge >= 0.3 is 0 Å². The first-order valence-electron chi connectivity index (χ1n) is 10.6. The van der Waals surface area contributed by atoms with Gasteiger partial charge < -0.3 is 10.2 Å². The Hall–Kier alpha value is -1.75. The molecule has 7 heteroatoms. The maximum absolute atomic E-state index is 13.5. The maximum atomic E-state index is 13.5. The molecule has 1 aliphatic rings. The zero-order valence-corrected chi connectivity index (χ0v) is 19.6. The molecule has 0 saturated heterocycles. The molecule has 0 radical (unpaired) electrons. The summed E-state index contributed by atoms with van der Waals surface area (Å²) in [6.07, 6.45) is 5.49. The third kappa shape index (κ3) is 6.86. The summed E-state index contributed by atoms with van der Waals surface area (Å²) in [5, 5.41) is 4.38. The van der Waals surface area contributed by atoms with Crippen LogP contribution in [0, 0.1) is 0 Å². The van der Waals surface area contributed by atoms with Gasteiger partial charge in [-0.15, -0.1) is 11.6 Å². The number of halogens is 3. The second-order valence-corrected chi connectivity index (χ2v) is 9.14. The minimum atomic E-state index is -0.773. The molecule has 1 fully saturated rings. The van der Waals surface area contributed by atoms with Crippen molar-refractivity contribution in [3.8, 4) is 0 Å². The lowest BCUT2D eigenvalue weighted by atomic mass is 9.94. The number of hydrogen-bond donors (Lipinski definition) is 1. The fraction of sp³-hybridized carbons (Fsp3) is 0.417. The third-order valence-electron chi connectivity index (χ3n) is 5.59. The summed E-state index contributed by atoms with van der Waals surface area (Å²) < 4.78 is 0. The summed E-state index contributed by atoms with van der Waals surface area (Å²) in [6.45, 7) is 0.276. The molecule has 0 heterocycles. The van der Waals surface area contributed by atoms with E-state index in [1.165, 1.54) is 6.42 Å². The molecule has 31 heavy (non-hydrogen) atoms. The van der Waals surface area contributed by atoms with E-state index in [9.17, 15) is 9.59 Å². The van der Waals surface area contributed by atoms with Crippen molar-refractivity contribution < 1.29 is 9.59 Å². The van der Waals surface area contributed by atoms with Crippen LogP contribution in [-0.4, -0.2) is 28.6 Å². The number of nitrogens with one attached hydrogen (secondary N) is 1. The molecule has 4 nitrogen and oxygen atoms in total. The summed E-state index contributed by atoms with van der Waals surface area (Å²) in [4.78, 5) is 28.2. The number of alkyl halides is 1. The number of rotatable bonds is 8. The number of hydrogen-bond acceptors (Lipinski definition) is 2. The molecule has 166 valence electrons. The predicted octanol–water partition coefficient (Wildman–Crippen LogP) is 6.14. The van der Waals surface area contributed by atoms with Gasteiger partial charge in [0, 0.05) is 34.9 Å². The first kappa shape index (κ1) is 23.9. The van der Waals surface area contributed by atoms with Crippen molar-refractivity contribution in [1.29, 1.82) is 0 Å². The molecule has 2 amide bonds. The molecule has 3 rings (SSSR count). The van der Waals surface area contributed by atoms with Crippen molar-refractivity contribution in [3.63, 3.8) is 0 Å². The number of carbonyl (C=O) groups excluding carboxylic acids is 2. The summed E-state index contributed by atoms with van der Waals surface area (Å²) in [6, 6.07) is 13.7. The number of amides is 2. The molecular weight excluding hydrogens is 455 g/mol. The van der Waals surface area contributed by atoms with Crippen molar-refractivity contribution in [2.75, 3.05) is 5.88 Å². The largest absolute Gasteiger partial charge is 0.351 e. The fourth-order valence-electron chi connectivity index (χ4n) is 3.98. The zero-order valence-electron chi connectivity index (χ0n) is 17.3. The molecule has 0 bridgehead atoms. The molecule has 1 aliphatic carbocycles. The topological polar surface area (TPSA) is 49.4 Å². The Kier molecular flexibility index (Phi) is 9.06. The SMILES string of the molecule is O=C(NC1CCCCC1)[C@@H](c1ccc(Cl)cc1)N(Cc1ccc(Cl)cc1)C(=O)CCCl. The van der Waals surface area contributed by atoms with Crippen molar-refractivity contribution in [2.24, 2.45) is 0 Å². The van der Waals surface area contributed by atoms with Crippen LogP contribution in [0.15, 0.2) is 48.5 Å². The Labute approximate surface area is 198 Å². The minimum absolute atomic E-state index is 0.136. The molecule has 2 aromatic rings. The second kappa shape index (κ2) is 11.8. The fourth-order valence-corrected chi connectivity index (χ4v) is 4.39. The highest BCUT2D eigenvalue weighted by Crippen LogP contribution is 2.28. The van der Waals surface area contributed by atoms with Gasteiger partial charge in [-0.3, -0.25) is 9.59 Å². The average molecular weight is 482 g/mol. The van der Waals surface area contributed by atoms with Crippen LogP contribution in [0.25, 0.3) is 0 Å². The summed E-state index contributed by atoms with van der Waals surface area (Å²) >= 11 is 18.0. The van der Waals surface area contributed by atoms with E-state index < -0.39 is 6.04 Å². The van der Waals surface area contributed by atoms with E-state index in [0.717, 1.165) is 36.8 Å².